The smallest absolute Gasteiger partial charge is 0.0702 e. The summed E-state index contributed by atoms with van der Waals surface area (Å²) in [7, 11) is 0. The average molecular weight is 205 g/mol. The number of nitrogens with zero attached hydrogens (tertiary/aromatic N) is 1. The van der Waals surface area contributed by atoms with Gasteiger partial charge in [-0.2, -0.15) is 12.6 Å². The molecule has 2 heteroatoms. The van der Waals surface area contributed by atoms with Crippen LogP contribution in [0.25, 0.3) is 10.9 Å². The largest absolute Gasteiger partial charge is 0.256 e. The van der Waals surface area contributed by atoms with Gasteiger partial charge in [-0.3, -0.25) is 4.98 Å². The van der Waals surface area contributed by atoms with Gasteiger partial charge >= 0.3 is 0 Å². The highest BCUT2D eigenvalue weighted by Crippen LogP contribution is 2.13. The minimum Gasteiger partial charge on any atom is -0.256 e. The Kier molecular flexibility index (Phi) is 4.47. The summed E-state index contributed by atoms with van der Waals surface area (Å²) in [6, 6.07) is 10.2. The van der Waals surface area contributed by atoms with E-state index in [4.69, 9.17) is 0 Å². The molecule has 0 N–H and O–H groups in total. The van der Waals surface area contributed by atoms with E-state index >= 15 is 0 Å². The van der Waals surface area contributed by atoms with Crippen molar-refractivity contribution < 1.29 is 0 Å². The zero-order chi connectivity index (χ0) is 10.4. The molecule has 0 amide bonds. The van der Waals surface area contributed by atoms with Crippen LogP contribution in [0.2, 0.25) is 0 Å². The molecule has 74 valence electrons. The van der Waals surface area contributed by atoms with E-state index in [9.17, 15) is 0 Å². The Labute approximate surface area is 90.6 Å². The van der Waals surface area contributed by atoms with Gasteiger partial charge in [0.25, 0.3) is 0 Å². The first kappa shape index (κ1) is 11.1. The van der Waals surface area contributed by atoms with Gasteiger partial charge in [0.15, 0.2) is 0 Å². The number of hydrogen-bond donors (Lipinski definition) is 1. The van der Waals surface area contributed by atoms with Crippen molar-refractivity contribution in [2.24, 2.45) is 0 Å². The summed E-state index contributed by atoms with van der Waals surface area (Å²) in [6.45, 7) is 4.00. The number of pyridine rings is 1. The fourth-order valence-electron chi connectivity index (χ4n) is 1.20. The summed E-state index contributed by atoms with van der Waals surface area (Å²) >= 11 is 4.20. The van der Waals surface area contributed by atoms with Crippen LogP contribution >= 0.6 is 12.6 Å². The van der Waals surface area contributed by atoms with Crippen molar-refractivity contribution in [3.05, 3.63) is 42.1 Å². The molecule has 0 unspecified atom stereocenters. The molecule has 0 spiro atoms. The van der Waals surface area contributed by atoms with E-state index in [2.05, 4.69) is 29.7 Å². The lowest BCUT2D eigenvalue weighted by Crippen LogP contribution is -1.82. The molecule has 0 atom stereocenters. The quantitative estimate of drug-likeness (QED) is 0.701. The standard InChI is InChI=1S/C10H9NS.C2H6/c12-7-8-5-9-3-1-2-4-10(9)11-6-8;1-2/h1-6,12H,7H2;1-2H3. The number of fused-ring (bicyclic) bond motifs is 1. The predicted octanol–water partition coefficient (Wildman–Crippen LogP) is 3.69. The Morgan fingerprint density at radius 2 is 1.93 bits per heavy atom. The maximum absolute atomic E-state index is 4.30. The van der Waals surface area contributed by atoms with Crippen LogP contribution in [0, 0.1) is 0 Å². The molecule has 0 aliphatic rings. The van der Waals surface area contributed by atoms with Crippen molar-refractivity contribution in [1.29, 1.82) is 0 Å². The van der Waals surface area contributed by atoms with E-state index in [-0.39, 0.29) is 0 Å². The minimum atomic E-state index is 0.748. The third kappa shape index (κ3) is 2.48. The number of hydrogen-bond acceptors (Lipinski definition) is 2. The summed E-state index contributed by atoms with van der Waals surface area (Å²) < 4.78 is 0. The molecule has 2 aromatic rings. The lowest BCUT2D eigenvalue weighted by Gasteiger charge is -1.98. The van der Waals surface area contributed by atoms with Gasteiger partial charge in [0.05, 0.1) is 5.52 Å². The molecule has 2 rings (SSSR count). The number of benzene rings is 1. The molecule has 1 nitrogen and oxygen atoms in total. The Morgan fingerprint density at radius 1 is 1.21 bits per heavy atom. The summed E-state index contributed by atoms with van der Waals surface area (Å²) in [5.74, 6) is 0.748. The van der Waals surface area contributed by atoms with Crippen molar-refractivity contribution in [3.63, 3.8) is 0 Å². The fraction of sp³-hybridized carbons (Fsp3) is 0.250. The van der Waals surface area contributed by atoms with Crippen molar-refractivity contribution >= 4 is 23.5 Å². The van der Waals surface area contributed by atoms with Crippen LogP contribution in [0.15, 0.2) is 36.5 Å². The van der Waals surface area contributed by atoms with E-state index in [0.29, 0.717) is 0 Å². The lowest BCUT2D eigenvalue weighted by molar-refractivity contribution is 1.31. The van der Waals surface area contributed by atoms with Crippen LogP contribution in [0.3, 0.4) is 0 Å². The van der Waals surface area contributed by atoms with E-state index in [1.54, 1.807) is 0 Å². The molecule has 0 saturated carbocycles. The molecule has 1 aromatic heterocycles. The van der Waals surface area contributed by atoms with Crippen molar-refractivity contribution in [1.82, 2.24) is 4.98 Å². The number of thiol groups is 1. The highest BCUT2D eigenvalue weighted by Gasteiger charge is 1.93. The summed E-state index contributed by atoms with van der Waals surface area (Å²) in [6.07, 6.45) is 1.87. The molecule has 0 saturated heterocycles. The first-order chi connectivity index (χ1) is 6.90. The van der Waals surface area contributed by atoms with Gasteiger partial charge < -0.3 is 0 Å². The molecule has 0 aliphatic carbocycles. The predicted molar refractivity (Wildman–Crippen MR) is 65.8 cm³/mol. The molecule has 0 fully saturated rings. The zero-order valence-corrected chi connectivity index (χ0v) is 9.46. The third-order valence-electron chi connectivity index (χ3n) is 1.83. The SMILES string of the molecule is CC.SCc1cnc2ccccc2c1. The zero-order valence-electron chi connectivity index (χ0n) is 8.57. The van der Waals surface area contributed by atoms with Gasteiger partial charge in [-0.15, -0.1) is 0 Å². The fourth-order valence-corrected chi connectivity index (χ4v) is 1.38. The first-order valence-electron chi connectivity index (χ1n) is 4.84. The highest BCUT2D eigenvalue weighted by atomic mass is 32.1. The summed E-state index contributed by atoms with van der Waals surface area (Å²) in [5, 5.41) is 1.18. The van der Waals surface area contributed by atoms with Crippen LogP contribution in [-0.4, -0.2) is 4.98 Å². The van der Waals surface area contributed by atoms with Gasteiger partial charge in [0.1, 0.15) is 0 Å². The highest BCUT2D eigenvalue weighted by molar-refractivity contribution is 7.79. The van der Waals surface area contributed by atoms with Crippen LogP contribution < -0.4 is 0 Å². The maximum Gasteiger partial charge on any atom is 0.0702 e. The van der Waals surface area contributed by atoms with Crippen molar-refractivity contribution in [3.8, 4) is 0 Å². The van der Waals surface area contributed by atoms with E-state index < -0.39 is 0 Å². The Bertz CT molecular complexity index is 398. The lowest BCUT2D eigenvalue weighted by atomic mass is 10.2. The normalized spacial score (nSPS) is 9.36. The van der Waals surface area contributed by atoms with Gasteiger partial charge in [0, 0.05) is 17.3 Å². The van der Waals surface area contributed by atoms with Gasteiger partial charge in [-0.1, -0.05) is 32.0 Å². The monoisotopic (exact) mass is 205 g/mol. The van der Waals surface area contributed by atoms with E-state index in [0.717, 1.165) is 16.8 Å². The number of aromatic nitrogens is 1. The molecule has 14 heavy (non-hydrogen) atoms. The van der Waals surface area contributed by atoms with Crippen molar-refractivity contribution in [2.45, 2.75) is 19.6 Å². The van der Waals surface area contributed by atoms with Gasteiger partial charge in [0.2, 0.25) is 0 Å². The van der Waals surface area contributed by atoms with Crippen molar-refractivity contribution in [2.75, 3.05) is 0 Å². The van der Waals surface area contributed by atoms with Crippen LogP contribution in [0.1, 0.15) is 19.4 Å². The van der Waals surface area contributed by atoms with E-state index in [1.165, 1.54) is 5.39 Å². The second kappa shape index (κ2) is 5.66. The summed E-state index contributed by atoms with van der Waals surface area (Å²) in [5.41, 5.74) is 2.21. The molecule has 0 bridgehead atoms. The maximum atomic E-state index is 4.30. The minimum absolute atomic E-state index is 0.748. The first-order valence-corrected chi connectivity index (χ1v) is 5.48. The van der Waals surface area contributed by atoms with Gasteiger partial charge in [-0.05, 0) is 17.7 Å². The van der Waals surface area contributed by atoms with E-state index in [1.807, 2.05) is 38.2 Å². The topological polar surface area (TPSA) is 12.9 Å². The van der Waals surface area contributed by atoms with Gasteiger partial charge in [-0.25, -0.2) is 0 Å². The second-order valence-corrected chi connectivity index (χ2v) is 3.01. The Hall–Kier alpha value is -1.02. The van der Waals surface area contributed by atoms with Crippen LogP contribution in [0.5, 0.6) is 0 Å². The molecule has 0 radical (unpaired) electrons. The third-order valence-corrected chi connectivity index (χ3v) is 2.19. The molecule has 1 aromatic carbocycles. The van der Waals surface area contributed by atoms with Crippen LogP contribution in [0.4, 0.5) is 0 Å². The average Bonchev–Trinajstić information content (AvgIpc) is 2.31. The molecule has 0 aliphatic heterocycles. The number of para-hydroxylation sites is 1. The number of rotatable bonds is 1. The Morgan fingerprint density at radius 3 is 2.64 bits per heavy atom. The Balaban J connectivity index is 0.000000461. The summed E-state index contributed by atoms with van der Waals surface area (Å²) in [4.78, 5) is 4.30. The second-order valence-electron chi connectivity index (χ2n) is 2.69. The molecule has 1 heterocycles. The van der Waals surface area contributed by atoms with Crippen LogP contribution in [-0.2, 0) is 5.75 Å². The molecular weight excluding hydrogens is 190 g/mol. The molecular formula is C12H15NS.